The number of aryl methyl sites for hydroxylation is 2. The number of carbonyl (C=O) groups excluding carboxylic acids is 1. The van der Waals surface area contributed by atoms with Gasteiger partial charge in [-0.2, -0.15) is 5.10 Å². The number of carbonyl (C=O) groups is 1. The molecule has 0 unspecified atom stereocenters. The maximum Gasteiger partial charge on any atom is 0.263 e. The summed E-state index contributed by atoms with van der Waals surface area (Å²) in [5, 5.41) is 10.8. The van der Waals surface area contributed by atoms with Crippen LogP contribution < -0.4 is 5.32 Å². The summed E-state index contributed by atoms with van der Waals surface area (Å²) in [4.78, 5) is 12.3. The molecule has 7 nitrogen and oxygen atoms in total. The zero-order chi connectivity index (χ0) is 14.3. The van der Waals surface area contributed by atoms with Gasteiger partial charge in [-0.05, 0) is 13.3 Å². The lowest BCUT2D eigenvalue weighted by molar-refractivity contribution is 0.102. The highest BCUT2D eigenvalue weighted by molar-refractivity contribution is 6.07. The lowest BCUT2D eigenvalue weighted by Gasteiger charge is -2.01. The van der Waals surface area contributed by atoms with Gasteiger partial charge in [0.15, 0.2) is 0 Å². The van der Waals surface area contributed by atoms with E-state index in [1.165, 1.54) is 6.20 Å². The lowest BCUT2D eigenvalue weighted by atomic mass is 10.2. The highest BCUT2D eigenvalue weighted by Crippen LogP contribution is 2.20. The van der Waals surface area contributed by atoms with Crippen molar-refractivity contribution in [3.8, 4) is 0 Å². The maximum absolute atomic E-state index is 12.3. The van der Waals surface area contributed by atoms with Crippen LogP contribution in [-0.2, 0) is 13.5 Å². The van der Waals surface area contributed by atoms with E-state index in [-0.39, 0.29) is 5.91 Å². The Hall–Kier alpha value is -2.57. The first-order chi connectivity index (χ1) is 9.61. The average Bonchev–Trinajstić information content (AvgIpc) is 3.09. The number of hydrogen-bond donors (Lipinski definition) is 1. The van der Waals surface area contributed by atoms with Crippen molar-refractivity contribution >= 4 is 17.4 Å². The molecule has 0 bridgehead atoms. The van der Waals surface area contributed by atoms with Gasteiger partial charge in [-0.1, -0.05) is 12.1 Å². The maximum atomic E-state index is 12.3. The lowest BCUT2D eigenvalue weighted by Crippen LogP contribution is -2.12. The normalized spacial score (nSPS) is 11.2. The number of amides is 1. The van der Waals surface area contributed by atoms with Crippen LogP contribution in [0.2, 0.25) is 0 Å². The van der Waals surface area contributed by atoms with Crippen LogP contribution in [0.5, 0.6) is 0 Å². The summed E-state index contributed by atoms with van der Waals surface area (Å²) in [6, 6.07) is 0. The van der Waals surface area contributed by atoms with Crippen molar-refractivity contribution in [1.82, 2.24) is 19.3 Å². The quantitative estimate of drug-likeness (QED) is 0.789. The molecule has 104 valence electrons. The molecule has 0 aromatic carbocycles. The zero-order valence-electron chi connectivity index (χ0n) is 11.5. The van der Waals surface area contributed by atoms with Crippen LogP contribution in [0.4, 0.5) is 5.88 Å². The van der Waals surface area contributed by atoms with Crippen molar-refractivity contribution in [3.05, 3.63) is 35.4 Å². The molecule has 3 aromatic heterocycles. The molecular weight excluding hydrogens is 258 g/mol. The van der Waals surface area contributed by atoms with E-state index < -0.39 is 0 Å². The van der Waals surface area contributed by atoms with Crippen LogP contribution in [0.15, 0.2) is 23.1 Å². The van der Waals surface area contributed by atoms with Gasteiger partial charge in [0.2, 0.25) is 5.88 Å². The van der Waals surface area contributed by atoms with E-state index in [0.29, 0.717) is 11.4 Å². The molecule has 3 rings (SSSR count). The fourth-order valence-electron chi connectivity index (χ4n) is 2.20. The van der Waals surface area contributed by atoms with Crippen LogP contribution in [0, 0.1) is 6.92 Å². The van der Waals surface area contributed by atoms with Crippen molar-refractivity contribution in [3.63, 3.8) is 0 Å². The second kappa shape index (κ2) is 4.52. The van der Waals surface area contributed by atoms with E-state index >= 15 is 0 Å². The Morgan fingerprint density at radius 2 is 2.25 bits per heavy atom. The molecule has 0 aliphatic rings. The van der Waals surface area contributed by atoms with Gasteiger partial charge in [-0.3, -0.25) is 10.1 Å². The molecule has 0 fully saturated rings. The fourth-order valence-corrected chi connectivity index (χ4v) is 2.20. The van der Waals surface area contributed by atoms with E-state index in [4.69, 9.17) is 4.52 Å². The molecule has 0 radical (unpaired) electrons. The summed E-state index contributed by atoms with van der Waals surface area (Å²) in [7, 11) is 1.86. The number of nitrogens with one attached hydrogen (secondary N) is 1. The van der Waals surface area contributed by atoms with E-state index in [1.54, 1.807) is 10.7 Å². The van der Waals surface area contributed by atoms with Crippen LogP contribution >= 0.6 is 0 Å². The van der Waals surface area contributed by atoms with Gasteiger partial charge in [0, 0.05) is 25.0 Å². The first-order valence-electron chi connectivity index (χ1n) is 6.37. The molecule has 3 heterocycles. The SMILES string of the molecule is CCc1noc(NC(=O)c2cnn3ccn(C)c23)c1C. The molecule has 20 heavy (non-hydrogen) atoms. The number of nitrogens with zero attached hydrogens (tertiary/aromatic N) is 4. The Morgan fingerprint density at radius 1 is 1.45 bits per heavy atom. The van der Waals surface area contributed by atoms with E-state index in [0.717, 1.165) is 23.3 Å². The Bertz CT molecular complexity index is 780. The van der Waals surface area contributed by atoms with Crippen LogP contribution in [0.3, 0.4) is 0 Å². The molecule has 1 N–H and O–H groups in total. The fraction of sp³-hybridized carbons (Fsp3) is 0.308. The first kappa shape index (κ1) is 12.5. The topological polar surface area (TPSA) is 77.4 Å². The highest BCUT2D eigenvalue weighted by Gasteiger charge is 2.19. The van der Waals surface area contributed by atoms with Crippen LogP contribution in [-0.4, -0.2) is 25.2 Å². The van der Waals surface area contributed by atoms with Gasteiger partial charge < -0.3 is 9.09 Å². The van der Waals surface area contributed by atoms with E-state index in [1.807, 2.05) is 31.7 Å². The van der Waals surface area contributed by atoms with Gasteiger partial charge in [0.1, 0.15) is 11.2 Å². The average molecular weight is 273 g/mol. The standard InChI is InChI=1S/C13H15N5O2/c1-4-10-8(2)12(20-16-10)15-11(19)9-7-14-18-6-5-17(3)13(9)18/h5-7H,4H2,1-3H3,(H,15,19). The van der Waals surface area contributed by atoms with Crippen molar-refractivity contribution in [1.29, 1.82) is 0 Å². The van der Waals surface area contributed by atoms with Crippen LogP contribution in [0.25, 0.3) is 5.65 Å². The molecule has 0 saturated carbocycles. The van der Waals surface area contributed by atoms with Crippen molar-refractivity contribution in [2.24, 2.45) is 7.05 Å². The van der Waals surface area contributed by atoms with Gasteiger partial charge in [-0.25, -0.2) is 4.52 Å². The Balaban J connectivity index is 1.93. The van der Waals surface area contributed by atoms with Gasteiger partial charge in [0.25, 0.3) is 5.91 Å². The van der Waals surface area contributed by atoms with Gasteiger partial charge >= 0.3 is 0 Å². The number of imidazole rings is 1. The Labute approximate surface area is 115 Å². The molecule has 0 aliphatic carbocycles. The third-order valence-corrected chi connectivity index (χ3v) is 3.36. The summed E-state index contributed by atoms with van der Waals surface area (Å²) in [6.45, 7) is 3.86. The smallest absolute Gasteiger partial charge is 0.263 e. The number of hydrogen-bond acceptors (Lipinski definition) is 4. The zero-order valence-corrected chi connectivity index (χ0v) is 11.5. The highest BCUT2D eigenvalue weighted by atomic mass is 16.5. The minimum Gasteiger partial charge on any atom is -0.338 e. The molecule has 0 atom stereocenters. The first-order valence-corrected chi connectivity index (χ1v) is 6.37. The summed E-state index contributed by atoms with van der Waals surface area (Å²) in [5.41, 5.74) is 2.93. The second-order valence-electron chi connectivity index (χ2n) is 4.63. The molecule has 1 amide bonds. The molecule has 0 saturated heterocycles. The Morgan fingerprint density at radius 3 is 2.95 bits per heavy atom. The third kappa shape index (κ3) is 1.78. The molecule has 3 aromatic rings. The summed E-state index contributed by atoms with van der Waals surface area (Å²) < 4.78 is 8.66. The summed E-state index contributed by atoms with van der Waals surface area (Å²) in [5.74, 6) is 0.129. The second-order valence-corrected chi connectivity index (χ2v) is 4.63. The molecule has 0 aliphatic heterocycles. The Kier molecular flexibility index (Phi) is 2.81. The minimum absolute atomic E-state index is 0.260. The molecular formula is C13H15N5O2. The number of rotatable bonds is 3. The van der Waals surface area contributed by atoms with Crippen molar-refractivity contribution < 1.29 is 9.32 Å². The number of anilines is 1. The van der Waals surface area contributed by atoms with Gasteiger partial charge in [0.05, 0.1) is 11.9 Å². The molecule has 0 spiro atoms. The van der Waals surface area contributed by atoms with Crippen LogP contribution in [0.1, 0.15) is 28.5 Å². The summed E-state index contributed by atoms with van der Waals surface area (Å²) >= 11 is 0. The monoisotopic (exact) mass is 273 g/mol. The number of fused-ring (bicyclic) bond motifs is 1. The van der Waals surface area contributed by atoms with Crippen molar-refractivity contribution in [2.45, 2.75) is 20.3 Å². The van der Waals surface area contributed by atoms with E-state index in [2.05, 4.69) is 15.6 Å². The largest absolute Gasteiger partial charge is 0.338 e. The third-order valence-electron chi connectivity index (χ3n) is 3.36. The molecule has 7 heteroatoms. The summed E-state index contributed by atoms with van der Waals surface area (Å²) in [6.07, 6.45) is 5.94. The predicted molar refractivity (Wildman–Crippen MR) is 72.7 cm³/mol. The number of aromatic nitrogens is 4. The minimum atomic E-state index is -0.260. The van der Waals surface area contributed by atoms with Crippen molar-refractivity contribution in [2.75, 3.05) is 5.32 Å². The predicted octanol–water partition coefficient (Wildman–Crippen LogP) is 1.78. The van der Waals surface area contributed by atoms with E-state index in [9.17, 15) is 4.79 Å². The van der Waals surface area contributed by atoms with Gasteiger partial charge in [-0.15, -0.1) is 0 Å².